The number of benzene rings is 1. The van der Waals surface area contributed by atoms with Gasteiger partial charge in [-0.25, -0.2) is 0 Å². The van der Waals surface area contributed by atoms with E-state index in [2.05, 4.69) is 33.5 Å². The van der Waals surface area contributed by atoms with Crippen LogP contribution in [0.25, 0.3) is 22.2 Å². The van der Waals surface area contributed by atoms with E-state index in [1.54, 1.807) is 12.4 Å². The molecule has 0 aliphatic heterocycles. The number of aromatic nitrogens is 2. The minimum absolute atomic E-state index is 0.970. The van der Waals surface area contributed by atoms with E-state index in [4.69, 9.17) is 0 Å². The molecule has 2 aromatic heterocycles. The maximum absolute atomic E-state index is 4.48. The number of nitrogens with zero attached hydrogens (tertiary/aromatic N) is 2. The molecule has 0 unspecified atom stereocenters. The maximum atomic E-state index is 4.48. The van der Waals surface area contributed by atoms with Crippen molar-refractivity contribution in [1.82, 2.24) is 9.97 Å². The number of nitrogens with one attached hydrogen (secondary N) is 1. The van der Waals surface area contributed by atoms with Crippen LogP contribution in [0.3, 0.4) is 0 Å². The van der Waals surface area contributed by atoms with Gasteiger partial charge in [-0.1, -0.05) is 12.1 Å². The highest BCUT2D eigenvalue weighted by Gasteiger charge is 2.05. The Labute approximate surface area is 106 Å². The molecule has 0 atom stereocenters. The van der Waals surface area contributed by atoms with Gasteiger partial charge in [0.05, 0.1) is 11.2 Å². The first-order chi connectivity index (χ1) is 8.88. The fourth-order valence-electron chi connectivity index (χ4n) is 2.05. The van der Waals surface area contributed by atoms with E-state index < -0.39 is 0 Å². The molecule has 0 bridgehead atoms. The Kier molecular flexibility index (Phi) is 2.65. The predicted octanol–water partition coefficient (Wildman–Crippen LogP) is 3.34. The Balaban J connectivity index is 2.24. The molecule has 2 heterocycles. The zero-order valence-corrected chi connectivity index (χ0v) is 10.1. The molecule has 1 N–H and O–H groups in total. The highest BCUT2D eigenvalue weighted by molar-refractivity contribution is 5.92. The van der Waals surface area contributed by atoms with Gasteiger partial charge < -0.3 is 5.32 Å². The normalized spacial score (nSPS) is 10.5. The molecule has 3 rings (SSSR count). The second kappa shape index (κ2) is 4.45. The van der Waals surface area contributed by atoms with Crippen molar-refractivity contribution in [2.75, 3.05) is 12.4 Å². The molecule has 3 aromatic rings. The standard InChI is InChI=1S/C15H13N3/c1-16-12-5-2-4-11(10-12)15-13-6-3-8-17-14(13)7-9-18-15/h2-10,16H,1H3. The molecule has 0 radical (unpaired) electrons. The number of rotatable bonds is 2. The Hall–Kier alpha value is -2.42. The van der Waals surface area contributed by atoms with Crippen LogP contribution in [0.15, 0.2) is 54.9 Å². The fraction of sp³-hybridized carbons (Fsp3) is 0.0667. The van der Waals surface area contributed by atoms with Crippen LogP contribution in [-0.4, -0.2) is 17.0 Å². The quantitative estimate of drug-likeness (QED) is 0.740. The second-order valence-corrected chi connectivity index (χ2v) is 4.06. The lowest BCUT2D eigenvalue weighted by atomic mass is 10.1. The Morgan fingerprint density at radius 3 is 2.78 bits per heavy atom. The van der Waals surface area contributed by atoms with Crippen molar-refractivity contribution in [3.05, 3.63) is 54.9 Å². The monoisotopic (exact) mass is 235 g/mol. The van der Waals surface area contributed by atoms with Gasteiger partial charge >= 0.3 is 0 Å². The van der Waals surface area contributed by atoms with Gasteiger partial charge in [0.15, 0.2) is 0 Å². The van der Waals surface area contributed by atoms with E-state index in [1.165, 1.54) is 0 Å². The zero-order valence-electron chi connectivity index (χ0n) is 10.1. The molecule has 0 saturated heterocycles. The van der Waals surface area contributed by atoms with E-state index in [0.717, 1.165) is 27.8 Å². The van der Waals surface area contributed by atoms with Gasteiger partial charge in [0.2, 0.25) is 0 Å². The van der Waals surface area contributed by atoms with Gasteiger partial charge in [-0.15, -0.1) is 0 Å². The summed E-state index contributed by atoms with van der Waals surface area (Å²) in [5.41, 5.74) is 4.12. The number of pyridine rings is 2. The number of fused-ring (bicyclic) bond motifs is 1. The van der Waals surface area contributed by atoms with E-state index in [0.29, 0.717) is 0 Å². The fourth-order valence-corrected chi connectivity index (χ4v) is 2.05. The van der Waals surface area contributed by atoms with Crippen molar-refractivity contribution in [3.63, 3.8) is 0 Å². The molecular weight excluding hydrogens is 222 g/mol. The average Bonchev–Trinajstić information content (AvgIpc) is 2.47. The first kappa shape index (κ1) is 10.7. The molecule has 0 aliphatic rings. The zero-order chi connectivity index (χ0) is 12.4. The van der Waals surface area contributed by atoms with Crippen molar-refractivity contribution in [1.29, 1.82) is 0 Å². The lowest BCUT2D eigenvalue weighted by molar-refractivity contribution is 1.32. The highest BCUT2D eigenvalue weighted by atomic mass is 14.8. The van der Waals surface area contributed by atoms with Gasteiger partial charge in [0.1, 0.15) is 0 Å². The number of hydrogen-bond donors (Lipinski definition) is 1. The summed E-state index contributed by atoms with van der Waals surface area (Å²) in [7, 11) is 1.91. The van der Waals surface area contributed by atoms with Crippen LogP contribution in [0.5, 0.6) is 0 Å². The van der Waals surface area contributed by atoms with E-state index in [-0.39, 0.29) is 0 Å². The van der Waals surface area contributed by atoms with Crippen LogP contribution in [-0.2, 0) is 0 Å². The Morgan fingerprint density at radius 2 is 1.89 bits per heavy atom. The lowest BCUT2D eigenvalue weighted by Gasteiger charge is -2.07. The molecule has 0 saturated carbocycles. The molecule has 0 amide bonds. The van der Waals surface area contributed by atoms with Crippen LogP contribution in [0, 0.1) is 0 Å². The molecule has 3 heteroatoms. The highest BCUT2D eigenvalue weighted by Crippen LogP contribution is 2.26. The molecule has 0 aliphatic carbocycles. The smallest absolute Gasteiger partial charge is 0.0796 e. The summed E-state index contributed by atoms with van der Waals surface area (Å²) >= 11 is 0. The lowest BCUT2D eigenvalue weighted by Crippen LogP contribution is -1.90. The summed E-state index contributed by atoms with van der Waals surface area (Å²) in [6.07, 6.45) is 3.60. The molecule has 0 fully saturated rings. The van der Waals surface area contributed by atoms with Crippen LogP contribution in [0.4, 0.5) is 5.69 Å². The van der Waals surface area contributed by atoms with Crippen molar-refractivity contribution in [3.8, 4) is 11.3 Å². The predicted molar refractivity (Wildman–Crippen MR) is 74.5 cm³/mol. The van der Waals surface area contributed by atoms with Crippen molar-refractivity contribution in [2.45, 2.75) is 0 Å². The van der Waals surface area contributed by atoms with Crippen molar-refractivity contribution < 1.29 is 0 Å². The first-order valence-corrected chi connectivity index (χ1v) is 5.86. The van der Waals surface area contributed by atoms with Crippen molar-refractivity contribution in [2.24, 2.45) is 0 Å². The number of hydrogen-bond acceptors (Lipinski definition) is 3. The number of anilines is 1. The minimum Gasteiger partial charge on any atom is -0.388 e. The molecule has 18 heavy (non-hydrogen) atoms. The summed E-state index contributed by atoms with van der Waals surface area (Å²) in [5.74, 6) is 0. The van der Waals surface area contributed by atoms with Gasteiger partial charge in [-0.3, -0.25) is 9.97 Å². The Bertz CT molecular complexity index is 687. The van der Waals surface area contributed by atoms with E-state index >= 15 is 0 Å². The summed E-state index contributed by atoms with van der Waals surface area (Å²) in [5, 5.41) is 4.22. The third-order valence-electron chi connectivity index (χ3n) is 2.95. The Morgan fingerprint density at radius 1 is 0.944 bits per heavy atom. The summed E-state index contributed by atoms with van der Waals surface area (Å²) in [6.45, 7) is 0. The topological polar surface area (TPSA) is 37.8 Å². The van der Waals surface area contributed by atoms with E-state index in [1.807, 2.05) is 31.3 Å². The third-order valence-corrected chi connectivity index (χ3v) is 2.95. The molecule has 1 aromatic carbocycles. The first-order valence-electron chi connectivity index (χ1n) is 5.86. The van der Waals surface area contributed by atoms with Crippen molar-refractivity contribution >= 4 is 16.6 Å². The SMILES string of the molecule is CNc1cccc(-c2nccc3ncccc23)c1. The van der Waals surface area contributed by atoms with Crippen LogP contribution in [0.2, 0.25) is 0 Å². The van der Waals surface area contributed by atoms with Crippen LogP contribution >= 0.6 is 0 Å². The molecule has 88 valence electrons. The van der Waals surface area contributed by atoms with Gasteiger partial charge in [-0.05, 0) is 30.3 Å². The average molecular weight is 235 g/mol. The molecular formula is C15H13N3. The third kappa shape index (κ3) is 1.80. The molecule has 3 nitrogen and oxygen atoms in total. The summed E-state index contributed by atoms with van der Waals surface area (Å²) < 4.78 is 0. The van der Waals surface area contributed by atoms with Crippen LogP contribution in [0.1, 0.15) is 0 Å². The molecule has 0 spiro atoms. The summed E-state index contributed by atoms with van der Waals surface area (Å²) in [6, 6.07) is 14.1. The van der Waals surface area contributed by atoms with Crippen LogP contribution < -0.4 is 5.32 Å². The van der Waals surface area contributed by atoms with Gasteiger partial charge in [-0.2, -0.15) is 0 Å². The van der Waals surface area contributed by atoms with Gasteiger partial charge in [0, 0.05) is 36.1 Å². The second-order valence-electron chi connectivity index (χ2n) is 4.06. The minimum atomic E-state index is 0.970. The summed E-state index contributed by atoms with van der Waals surface area (Å²) in [4.78, 5) is 8.84. The largest absolute Gasteiger partial charge is 0.388 e. The van der Waals surface area contributed by atoms with Gasteiger partial charge in [0.25, 0.3) is 0 Å². The van der Waals surface area contributed by atoms with E-state index in [9.17, 15) is 0 Å². The maximum Gasteiger partial charge on any atom is 0.0796 e.